The van der Waals surface area contributed by atoms with Gasteiger partial charge in [-0.05, 0) is 52.7 Å². The van der Waals surface area contributed by atoms with E-state index in [0.29, 0.717) is 31.1 Å². The molecule has 2 heterocycles. The predicted octanol–water partition coefficient (Wildman–Crippen LogP) is 3.08. The van der Waals surface area contributed by atoms with Gasteiger partial charge in [-0.15, -0.1) is 0 Å². The first kappa shape index (κ1) is 20.1. The molecular weight excluding hydrogens is 416 g/mol. The highest BCUT2D eigenvalue weighted by Gasteiger charge is 2.29. The number of hydrogen-bond acceptors (Lipinski definition) is 6. The third kappa shape index (κ3) is 3.94. The second-order valence-electron chi connectivity index (χ2n) is 7.74. The lowest BCUT2D eigenvalue weighted by Gasteiger charge is -2.34. The van der Waals surface area contributed by atoms with Crippen molar-refractivity contribution in [2.45, 2.75) is 11.4 Å². The highest BCUT2D eigenvalue weighted by molar-refractivity contribution is 7.89. The van der Waals surface area contributed by atoms with Crippen LogP contribution in [-0.4, -0.2) is 57.7 Å². The van der Waals surface area contributed by atoms with Gasteiger partial charge in [0.25, 0.3) is 0 Å². The summed E-state index contributed by atoms with van der Waals surface area (Å²) >= 11 is 0. The quantitative estimate of drug-likeness (QED) is 0.607. The molecule has 8 heteroatoms. The molecule has 0 spiro atoms. The van der Waals surface area contributed by atoms with Crippen molar-refractivity contribution in [3.05, 3.63) is 60.2 Å². The summed E-state index contributed by atoms with van der Waals surface area (Å²) < 4.78 is 44.0. The zero-order valence-electron chi connectivity index (χ0n) is 17.3. The Morgan fingerprint density at radius 3 is 2.42 bits per heavy atom. The Labute approximate surface area is 181 Å². The number of nitrogens with zero attached hydrogens (tertiary/aromatic N) is 2. The minimum atomic E-state index is -3.53. The average Bonchev–Trinajstić information content (AvgIpc) is 3.26. The Morgan fingerprint density at radius 1 is 0.871 bits per heavy atom. The van der Waals surface area contributed by atoms with Gasteiger partial charge in [-0.1, -0.05) is 18.2 Å². The maximum atomic E-state index is 13.2. The summed E-state index contributed by atoms with van der Waals surface area (Å²) in [6.45, 7) is 3.30. The molecule has 31 heavy (non-hydrogen) atoms. The summed E-state index contributed by atoms with van der Waals surface area (Å²) in [5.41, 5.74) is 1.13. The van der Waals surface area contributed by atoms with E-state index in [0.717, 1.165) is 40.1 Å². The Balaban J connectivity index is 1.26. The fourth-order valence-electron chi connectivity index (χ4n) is 4.06. The molecule has 3 aromatic carbocycles. The van der Waals surface area contributed by atoms with Gasteiger partial charge in [-0.2, -0.15) is 4.31 Å². The number of ether oxygens (including phenoxy) is 3. The largest absolute Gasteiger partial charge is 0.497 e. The van der Waals surface area contributed by atoms with Gasteiger partial charge < -0.3 is 14.2 Å². The van der Waals surface area contributed by atoms with E-state index in [2.05, 4.69) is 4.90 Å². The van der Waals surface area contributed by atoms with Crippen molar-refractivity contribution in [1.82, 2.24) is 9.21 Å². The maximum Gasteiger partial charge on any atom is 0.243 e. The van der Waals surface area contributed by atoms with E-state index >= 15 is 0 Å². The topological polar surface area (TPSA) is 68.3 Å². The molecule has 1 saturated heterocycles. The van der Waals surface area contributed by atoms with Gasteiger partial charge in [0, 0.05) is 32.7 Å². The molecule has 162 valence electrons. The fourth-order valence-corrected chi connectivity index (χ4v) is 5.52. The summed E-state index contributed by atoms with van der Waals surface area (Å²) in [6, 6.07) is 16.8. The predicted molar refractivity (Wildman–Crippen MR) is 117 cm³/mol. The van der Waals surface area contributed by atoms with Crippen molar-refractivity contribution in [2.75, 3.05) is 40.1 Å². The van der Waals surface area contributed by atoms with Crippen LogP contribution in [-0.2, 0) is 16.6 Å². The fraction of sp³-hybridized carbons (Fsp3) is 0.304. The van der Waals surface area contributed by atoms with Gasteiger partial charge >= 0.3 is 0 Å². The molecule has 5 rings (SSSR count). The van der Waals surface area contributed by atoms with Gasteiger partial charge in [-0.25, -0.2) is 8.42 Å². The minimum absolute atomic E-state index is 0.262. The molecular formula is C23H24N2O5S. The first-order valence-electron chi connectivity index (χ1n) is 10.2. The third-order valence-electron chi connectivity index (χ3n) is 5.83. The van der Waals surface area contributed by atoms with E-state index in [1.807, 2.05) is 42.5 Å². The van der Waals surface area contributed by atoms with Crippen LogP contribution >= 0.6 is 0 Å². The van der Waals surface area contributed by atoms with Crippen molar-refractivity contribution in [2.24, 2.45) is 0 Å². The van der Waals surface area contributed by atoms with Crippen LogP contribution < -0.4 is 14.2 Å². The molecule has 0 N–H and O–H groups in total. The average molecular weight is 441 g/mol. The summed E-state index contributed by atoms with van der Waals surface area (Å²) in [5.74, 6) is 2.29. The Kier molecular flexibility index (Phi) is 5.21. The van der Waals surface area contributed by atoms with Crippen molar-refractivity contribution in [3.8, 4) is 17.2 Å². The Morgan fingerprint density at radius 2 is 1.61 bits per heavy atom. The normalized spacial score (nSPS) is 17.2. The van der Waals surface area contributed by atoms with Crippen molar-refractivity contribution in [3.63, 3.8) is 0 Å². The zero-order chi connectivity index (χ0) is 21.4. The number of sulfonamides is 1. The van der Waals surface area contributed by atoms with Crippen LogP contribution in [0.1, 0.15) is 5.56 Å². The summed E-state index contributed by atoms with van der Waals surface area (Å²) in [7, 11) is -1.92. The van der Waals surface area contributed by atoms with E-state index < -0.39 is 10.0 Å². The van der Waals surface area contributed by atoms with Crippen LogP contribution in [0.25, 0.3) is 10.8 Å². The first-order chi connectivity index (χ1) is 15.0. The molecule has 0 radical (unpaired) electrons. The lowest BCUT2D eigenvalue weighted by Crippen LogP contribution is -2.48. The number of fused-ring (bicyclic) bond motifs is 2. The molecule has 0 unspecified atom stereocenters. The minimum Gasteiger partial charge on any atom is -0.497 e. The smallest absolute Gasteiger partial charge is 0.243 e. The highest BCUT2D eigenvalue weighted by atomic mass is 32.2. The number of methoxy groups -OCH3 is 1. The van der Waals surface area contributed by atoms with Crippen LogP contribution in [0.4, 0.5) is 0 Å². The third-order valence-corrected chi connectivity index (χ3v) is 7.73. The van der Waals surface area contributed by atoms with Gasteiger partial charge in [0.05, 0.1) is 12.0 Å². The first-order valence-corrected chi connectivity index (χ1v) is 11.7. The van der Waals surface area contributed by atoms with Crippen LogP contribution in [0.5, 0.6) is 17.2 Å². The SMILES string of the molecule is COc1ccc2cc(S(=O)(=O)N3CCN(Cc4ccc5c(c4)OCO5)CC3)ccc2c1. The molecule has 1 fully saturated rings. The highest BCUT2D eigenvalue weighted by Crippen LogP contribution is 2.33. The van der Waals surface area contributed by atoms with E-state index in [9.17, 15) is 8.42 Å². The molecule has 0 aliphatic carbocycles. The van der Waals surface area contributed by atoms with Crippen molar-refractivity contribution < 1.29 is 22.6 Å². The van der Waals surface area contributed by atoms with E-state index in [4.69, 9.17) is 14.2 Å². The van der Waals surface area contributed by atoms with Crippen LogP contribution in [0.3, 0.4) is 0 Å². The van der Waals surface area contributed by atoms with Gasteiger partial charge in [0.2, 0.25) is 16.8 Å². The monoisotopic (exact) mass is 440 g/mol. The van der Waals surface area contributed by atoms with Crippen LogP contribution in [0.2, 0.25) is 0 Å². The number of rotatable bonds is 5. The van der Waals surface area contributed by atoms with Gasteiger partial charge in [0.1, 0.15) is 5.75 Å². The Bertz CT molecular complexity index is 1220. The molecule has 0 amide bonds. The van der Waals surface area contributed by atoms with Gasteiger partial charge in [-0.3, -0.25) is 4.90 Å². The van der Waals surface area contributed by atoms with E-state index in [-0.39, 0.29) is 6.79 Å². The standard InChI is InChI=1S/C23H24N2O5S/c1-28-20-5-3-19-14-21(6-4-18(19)13-20)31(26,27)25-10-8-24(9-11-25)15-17-2-7-22-23(12-17)30-16-29-22/h2-7,12-14H,8-11,15-16H2,1H3. The van der Waals surface area contributed by atoms with Crippen LogP contribution in [0, 0.1) is 0 Å². The molecule has 0 saturated carbocycles. The van der Waals surface area contributed by atoms with Gasteiger partial charge in [0.15, 0.2) is 11.5 Å². The molecule has 2 aliphatic heterocycles. The maximum absolute atomic E-state index is 13.2. The molecule has 0 atom stereocenters. The molecule has 2 aliphatic rings. The van der Waals surface area contributed by atoms with E-state index in [1.54, 1.807) is 23.5 Å². The molecule has 0 aromatic heterocycles. The van der Waals surface area contributed by atoms with E-state index in [1.165, 1.54) is 0 Å². The van der Waals surface area contributed by atoms with Crippen molar-refractivity contribution in [1.29, 1.82) is 0 Å². The Hall–Kier alpha value is -2.81. The number of piperazine rings is 1. The number of benzene rings is 3. The number of hydrogen-bond donors (Lipinski definition) is 0. The molecule has 7 nitrogen and oxygen atoms in total. The summed E-state index contributed by atoms with van der Waals surface area (Å²) in [5, 5.41) is 1.83. The second kappa shape index (κ2) is 8.03. The van der Waals surface area contributed by atoms with Crippen molar-refractivity contribution >= 4 is 20.8 Å². The van der Waals surface area contributed by atoms with Crippen LogP contribution in [0.15, 0.2) is 59.5 Å². The molecule has 0 bridgehead atoms. The zero-order valence-corrected chi connectivity index (χ0v) is 18.1. The summed E-state index contributed by atoms with van der Waals surface area (Å²) in [6.07, 6.45) is 0. The summed E-state index contributed by atoms with van der Waals surface area (Å²) in [4.78, 5) is 2.59. The lowest BCUT2D eigenvalue weighted by molar-refractivity contribution is 0.173. The lowest BCUT2D eigenvalue weighted by atomic mass is 10.1. The molecule has 3 aromatic rings. The second-order valence-corrected chi connectivity index (χ2v) is 9.68.